The quantitative estimate of drug-likeness (QED) is 0.616. The minimum atomic E-state index is -0.268. The number of hydrogen-bond donors (Lipinski definition) is 2. The summed E-state index contributed by atoms with van der Waals surface area (Å²) in [6.07, 6.45) is 2.44. The molecule has 1 aromatic carbocycles. The summed E-state index contributed by atoms with van der Waals surface area (Å²) < 4.78 is 18.6. The van der Waals surface area contributed by atoms with E-state index in [1.165, 1.54) is 6.07 Å². The molecule has 4 heteroatoms. The van der Waals surface area contributed by atoms with Gasteiger partial charge in [-0.1, -0.05) is 6.07 Å². The van der Waals surface area contributed by atoms with E-state index in [4.69, 9.17) is 10.2 Å². The molecule has 0 amide bonds. The maximum Gasteiger partial charge on any atom is 0.129 e. The standard InChI is InChI=1S/C13H15FN2O/c14-13-8-11(15)4-3-10(13)9-16-6-5-12-2-1-7-17-12/h1-4,7-8,16H,5-6,9,15H2. The largest absolute Gasteiger partial charge is 0.469 e. The Morgan fingerprint density at radius 2 is 2.18 bits per heavy atom. The zero-order valence-electron chi connectivity index (χ0n) is 9.45. The molecule has 0 aliphatic rings. The van der Waals surface area contributed by atoms with Crippen LogP contribution in [0.3, 0.4) is 0 Å². The third-order valence-electron chi connectivity index (χ3n) is 2.52. The number of rotatable bonds is 5. The van der Waals surface area contributed by atoms with E-state index in [1.54, 1.807) is 18.4 Å². The zero-order chi connectivity index (χ0) is 12.1. The van der Waals surface area contributed by atoms with E-state index in [2.05, 4.69) is 5.32 Å². The molecule has 1 heterocycles. The van der Waals surface area contributed by atoms with Crippen LogP contribution in [0.2, 0.25) is 0 Å². The molecule has 0 aliphatic heterocycles. The Morgan fingerprint density at radius 1 is 1.29 bits per heavy atom. The van der Waals surface area contributed by atoms with Crippen LogP contribution in [0.1, 0.15) is 11.3 Å². The third kappa shape index (κ3) is 3.32. The van der Waals surface area contributed by atoms with E-state index < -0.39 is 0 Å². The van der Waals surface area contributed by atoms with Crippen molar-refractivity contribution in [1.29, 1.82) is 0 Å². The molecule has 3 N–H and O–H groups in total. The molecule has 2 rings (SSSR count). The van der Waals surface area contributed by atoms with Gasteiger partial charge in [-0.25, -0.2) is 4.39 Å². The molecule has 0 unspecified atom stereocenters. The van der Waals surface area contributed by atoms with Gasteiger partial charge in [-0.05, 0) is 24.3 Å². The fourth-order valence-corrected chi connectivity index (χ4v) is 1.60. The Kier molecular flexibility index (Phi) is 3.77. The minimum Gasteiger partial charge on any atom is -0.469 e. The molecule has 0 aliphatic carbocycles. The van der Waals surface area contributed by atoms with E-state index in [0.717, 1.165) is 18.7 Å². The highest BCUT2D eigenvalue weighted by atomic mass is 19.1. The minimum absolute atomic E-state index is 0.268. The fraction of sp³-hybridized carbons (Fsp3) is 0.231. The van der Waals surface area contributed by atoms with Gasteiger partial charge in [-0.2, -0.15) is 0 Å². The first-order valence-electron chi connectivity index (χ1n) is 5.53. The van der Waals surface area contributed by atoms with Crippen molar-refractivity contribution < 1.29 is 8.81 Å². The summed E-state index contributed by atoms with van der Waals surface area (Å²) >= 11 is 0. The Morgan fingerprint density at radius 3 is 2.88 bits per heavy atom. The number of halogens is 1. The van der Waals surface area contributed by atoms with Crippen LogP contribution in [0.4, 0.5) is 10.1 Å². The SMILES string of the molecule is Nc1ccc(CNCCc2ccco2)c(F)c1. The van der Waals surface area contributed by atoms with Gasteiger partial charge in [0.15, 0.2) is 0 Å². The maximum absolute atomic E-state index is 13.4. The van der Waals surface area contributed by atoms with Crippen LogP contribution in [0.15, 0.2) is 41.0 Å². The van der Waals surface area contributed by atoms with Crippen LogP contribution in [0.5, 0.6) is 0 Å². The smallest absolute Gasteiger partial charge is 0.129 e. The predicted molar refractivity (Wildman–Crippen MR) is 64.9 cm³/mol. The average molecular weight is 234 g/mol. The van der Waals surface area contributed by atoms with Crippen LogP contribution < -0.4 is 11.1 Å². The lowest BCUT2D eigenvalue weighted by Crippen LogP contribution is -2.17. The Labute approximate surface area is 99.4 Å². The number of nitrogens with one attached hydrogen (secondary N) is 1. The molecule has 1 aromatic heterocycles. The molecule has 0 fully saturated rings. The highest BCUT2D eigenvalue weighted by Gasteiger charge is 2.02. The molecule has 0 bridgehead atoms. The van der Waals surface area contributed by atoms with E-state index in [9.17, 15) is 4.39 Å². The Balaban J connectivity index is 1.78. The molecule has 17 heavy (non-hydrogen) atoms. The van der Waals surface area contributed by atoms with E-state index >= 15 is 0 Å². The summed E-state index contributed by atoms with van der Waals surface area (Å²) in [4.78, 5) is 0. The first-order valence-corrected chi connectivity index (χ1v) is 5.53. The molecule has 0 saturated heterocycles. The third-order valence-corrected chi connectivity index (χ3v) is 2.52. The van der Waals surface area contributed by atoms with Crippen LogP contribution >= 0.6 is 0 Å². The van der Waals surface area contributed by atoms with Gasteiger partial charge in [0, 0.05) is 30.8 Å². The van der Waals surface area contributed by atoms with Crippen LogP contribution in [-0.4, -0.2) is 6.54 Å². The average Bonchev–Trinajstić information content (AvgIpc) is 2.79. The van der Waals surface area contributed by atoms with Gasteiger partial charge >= 0.3 is 0 Å². The van der Waals surface area contributed by atoms with Crippen molar-refractivity contribution in [2.45, 2.75) is 13.0 Å². The van der Waals surface area contributed by atoms with Gasteiger partial charge in [0.25, 0.3) is 0 Å². The monoisotopic (exact) mass is 234 g/mol. The van der Waals surface area contributed by atoms with Gasteiger partial charge in [0.1, 0.15) is 11.6 Å². The van der Waals surface area contributed by atoms with E-state index in [-0.39, 0.29) is 5.82 Å². The lowest BCUT2D eigenvalue weighted by Gasteiger charge is -2.05. The number of anilines is 1. The number of nitrogens with two attached hydrogens (primary N) is 1. The maximum atomic E-state index is 13.4. The van der Waals surface area contributed by atoms with Gasteiger partial charge in [-0.3, -0.25) is 0 Å². The molecule has 0 atom stereocenters. The predicted octanol–water partition coefficient (Wildman–Crippen LogP) is 2.33. The lowest BCUT2D eigenvalue weighted by atomic mass is 10.2. The normalized spacial score (nSPS) is 10.6. The summed E-state index contributed by atoms with van der Waals surface area (Å²) in [5.41, 5.74) is 6.54. The van der Waals surface area contributed by atoms with E-state index in [1.807, 2.05) is 12.1 Å². The molecule has 2 aromatic rings. The number of nitrogen functional groups attached to an aromatic ring is 1. The Bertz CT molecular complexity index is 468. The summed E-state index contributed by atoms with van der Waals surface area (Å²) in [6, 6.07) is 8.52. The molecule has 0 saturated carbocycles. The van der Waals surface area contributed by atoms with Crippen molar-refractivity contribution in [2.24, 2.45) is 0 Å². The second-order valence-electron chi connectivity index (χ2n) is 3.86. The van der Waals surface area contributed by atoms with E-state index in [0.29, 0.717) is 17.8 Å². The summed E-state index contributed by atoms with van der Waals surface area (Å²) in [5.74, 6) is 0.658. The van der Waals surface area contributed by atoms with Crippen LogP contribution in [0, 0.1) is 5.82 Å². The van der Waals surface area contributed by atoms with Crippen molar-refractivity contribution in [3.05, 3.63) is 53.7 Å². The lowest BCUT2D eigenvalue weighted by molar-refractivity contribution is 0.497. The summed E-state index contributed by atoms with van der Waals surface area (Å²) in [7, 11) is 0. The molecule has 3 nitrogen and oxygen atoms in total. The van der Waals surface area contributed by atoms with Crippen molar-refractivity contribution in [3.8, 4) is 0 Å². The molecule has 90 valence electrons. The van der Waals surface area contributed by atoms with Crippen molar-refractivity contribution in [3.63, 3.8) is 0 Å². The summed E-state index contributed by atoms with van der Waals surface area (Å²) in [6.45, 7) is 1.24. The molecule has 0 radical (unpaired) electrons. The van der Waals surface area contributed by atoms with Gasteiger partial charge in [0.2, 0.25) is 0 Å². The van der Waals surface area contributed by atoms with Gasteiger partial charge in [0.05, 0.1) is 6.26 Å². The first kappa shape index (κ1) is 11.7. The second-order valence-corrected chi connectivity index (χ2v) is 3.86. The van der Waals surface area contributed by atoms with Crippen molar-refractivity contribution in [2.75, 3.05) is 12.3 Å². The topological polar surface area (TPSA) is 51.2 Å². The first-order chi connectivity index (χ1) is 8.25. The van der Waals surface area contributed by atoms with Crippen LogP contribution in [-0.2, 0) is 13.0 Å². The number of furan rings is 1. The highest BCUT2D eigenvalue weighted by molar-refractivity contribution is 5.40. The van der Waals surface area contributed by atoms with Crippen LogP contribution in [0.25, 0.3) is 0 Å². The Hall–Kier alpha value is -1.81. The fourth-order valence-electron chi connectivity index (χ4n) is 1.60. The van der Waals surface area contributed by atoms with Crippen molar-refractivity contribution in [1.82, 2.24) is 5.32 Å². The highest BCUT2D eigenvalue weighted by Crippen LogP contribution is 2.11. The molecular weight excluding hydrogens is 219 g/mol. The van der Waals surface area contributed by atoms with Gasteiger partial charge < -0.3 is 15.5 Å². The van der Waals surface area contributed by atoms with Crippen molar-refractivity contribution >= 4 is 5.69 Å². The second kappa shape index (κ2) is 5.50. The zero-order valence-corrected chi connectivity index (χ0v) is 9.45. The summed E-state index contributed by atoms with van der Waals surface area (Å²) in [5, 5.41) is 3.16. The number of benzene rings is 1. The molecular formula is C13H15FN2O. The molecule has 0 spiro atoms. The number of hydrogen-bond acceptors (Lipinski definition) is 3. The van der Waals surface area contributed by atoms with Gasteiger partial charge in [-0.15, -0.1) is 0 Å².